The van der Waals surface area contributed by atoms with Crippen molar-refractivity contribution in [1.82, 2.24) is 0 Å². The van der Waals surface area contributed by atoms with E-state index in [1.807, 2.05) is 0 Å². The summed E-state index contributed by atoms with van der Waals surface area (Å²) >= 11 is 0. The van der Waals surface area contributed by atoms with Crippen molar-refractivity contribution in [2.24, 2.45) is 11.8 Å². The lowest BCUT2D eigenvalue weighted by molar-refractivity contribution is 0.412. The van der Waals surface area contributed by atoms with Gasteiger partial charge in [-0.3, -0.25) is 0 Å². The van der Waals surface area contributed by atoms with Crippen LogP contribution in [0.25, 0.3) is 0 Å². The first-order chi connectivity index (χ1) is 6.16. The molecule has 0 aromatic carbocycles. The molecule has 0 fully saturated rings. The predicted molar refractivity (Wildman–Crippen MR) is 57.6 cm³/mol. The van der Waals surface area contributed by atoms with Gasteiger partial charge in [0.05, 0.1) is 0 Å². The highest BCUT2D eigenvalue weighted by atomic mass is 14.3. The van der Waals surface area contributed by atoms with Crippen molar-refractivity contribution in [3.63, 3.8) is 0 Å². The molecule has 0 aromatic heterocycles. The van der Waals surface area contributed by atoms with Gasteiger partial charge in [0.15, 0.2) is 0 Å². The lowest BCUT2D eigenvalue weighted by Crippen LogP contribution is -2.17. The molecule has 2 atom stereocenters. The zero-order valence-corrected chi connectivity index (χ0v) is 9.06. The van der Waals surface area contributed by atoms with Gasteiger partial charge in [-0.05, 0) is 50.0 Å². The maximum absolute atomic E-state index is 2.45. The average Bonchev–Trinajstić information content (AvgIpc) is 2.06. The maximum atomic E-state index is 2.45. The molecule has 0 heteroatoms. The van der Waals surface area contributed by atoms with Crippen LogP contribution in [-0.2, 0) is 0 Å². The second-order valence-corrected chi connectivity index (χ2v) is 5.00. The Kier molecular flexibility index (Phi) is 2.31. The molecule has 0 radical (unpaired) electrons. The van der Waals surface area contributed by atoms with Crippen molar-refractivity contribution in [2.75, 3.05) is 0 Å². The molecular weight excluding hydrogens is 156 g/mol. The van der Waals surface area contributed by atoms with Crippen LogP contribution in [0.2, 0.25) is 0 Å². The van der Waals surface area contributed by atoms with E-state index in [4.69, 9.17) is 0 Å². The van der Waals surface area contributed by atoms with Crippen LogP contribution in [0.3, 0.4) is 0 Å². The monoisotopic (exact) mass is 176 g/mol. The topological polar surface area (TPSA) is 0 Å². The van der Waals surface area contributed by atoms with E-state index in [1.54, 1.807) is 16.7 Å². The summed E-state index contributed by atoms with van der Waals surface area (Å²) in [6, 6.07) is 0. The average molecular weight is 176 g/mol. The molecule has 2 rings (SSSR count). The van der Waals surface area contributed by atoms with Crippen LogP contribution in [0, 0.1) is 11.8 Å². The van der Waals surface area contributed by atoms with Crippen LogP contribution in [0.4, 0.5) is 0 Å². The standard InChI is InChI=1S/C13H20/c1-9-4-5-12-7-10(2)6-11(3)13(12)8-9/h8,10-11H,4-7H2,1-3H3. The lowest BCUT2D eigenvalue weighted by Gasteiger charge is -2.31. The first kappa shape index (κ1) is 9.05. The molecule has 13 heavy (non-hydrogen) atoms. The van der Waals surface area contributed by atoms with Gasteiger partial charge in [0.2, 0.25) is 0 Å². The highest BCUT2D eigenvalue weighted by Gasteiger charge is 2.24. The van der Waals surface area contributed by atoms with Crippen molar-refractivity contribution in [3.05, 3.63) is 22.8 Å². The third kappa shape index (κ3) is 1.72. The molecule has 0 nitrogen and oxygen atoms in total. The summed E-state index contributed by atoms with van der Waals surface area (Å²) in [6.07, 6.45) is 7.85. The van der Waals surface area contributed by atoms with Crippen LogP contribution < -0.4 is 0 Å². The molecule has 0 aromatic rings. The number of hydrogen-bond acceptors (Lipinski definition) is 0. The number of allylic oxidation sites excluding steroid dienone is 4. The smallest absolute Gasteiger partial charge is 0.0188 e. The normalized spacial score (nSPS) is 34.2. The Balaban J connectivity index is 2.30. The second kappa shape index (κ2) is 3.32. The largest absolute Gasteiger partial charge is 0.0727 e. The molecule has 0 spiro atoms. The maximum Gasteiger partial charge on any atom is -0.0188 e. The van der Waals surface area contributed by atoms with Crippen molar-refractivity contribution in [1.29, 1.82) is 0 Å². The molecule has 2 aliphatic rings. The van der Waals surface area contributed by atoms with Crippen LogP contribution in [-0.4, -0.2) is 0 Å². The summed E-state index contributed by atoms with van der Waals surface area (Å²) < 4.78 is 0. The van der Waals surface area contributed by atoms with Crippen molar-refractivity contribution < 1.29 is 0 Å². The fourth-order valence-corrected chi connectivity index (χ4v) is 2.88. The molecule has 2 aliphatic carbocycles. The SMILES string of the molecule is CC1=CC2=C(CC1)CC(C)CC2C. The zero-order chi connectivity index (χ0) is 9.42. The molecule has 0 heterocycles. The summed E-state index contributed by atoms with van der Waals surface area (Å²) in [6.45, 7) is 7.06. The zero-order valence-electron chi connectivity index (χ0n) is 9.06. The van der Waals surface area contributed by atoms with Gasteiger partial charge in [-0.1, -0.05) is 31.1 Å². The van der Waals surface area contributed by atoms with E-state index in [0.717, 1.165) is 11.8 Å². The summed E-state index contributed by atoms with van der Waals surface area (Å²) in [5.74, 6) is 1.73. The van der Waals surface area contributed by atoms with Gasteiger partial charge < -0.3 is 0 Å². The first-order valence-corrected chi connectivity index (χ1v) is 5.56. The molecule has 72 valence electrons. The summed E-state index contributed by atoms with van der Waals surface area (Å²) in [7, 11) is 0. The quantitative estimate of drug-likeness (QED) is 0.521. The number of rotatable bonds is 0. The predicted octanol–water partition coefficient (Wildman–Crippen LogP) is 4.09. The van der Waals surface area contributed by atoms with Gasteiger partial charge in [0, 0.05) is 0 Å². The van der Waals surface area contributed by atoms with Gasteiger partial charge >= 0.3 is 0 Å². The van der Waals surface area contributed by atoms with Gasteiger partial charge in [-0.15, -0.1) is 0 Å². The minimum atomic E-state index is 0.814. The van der Waals surface area contributed by atoms with Crippen LogP contribution in [0.15, 0.2) is 22.8 Å². The molecule has 0 aliphatic heterocycles. The Morgan fingerprint density at radius 1 is 1.23 bits per heavy atom. The van der Waals surface area contributed by atoms with Gasteiger partial charge in [-0.25, -0.2) is 0 Å². The first-order valence-electron chi connectivity index (χ1n) is 5.56. The van der Waals surface area contributed by atoms with Gasteiger partial charge in [-0.2, -0.15) is 0 Å². The summed E-state index contributed by atoms with van der Waals surface area (Å²) in [4.78, 5) is 0. The van der Waals surface area contributed by atoms with Crippen molar-refractivity contribution >= 4 is 0 Å². The van der Waals surface area contributed by atoms with E-state index >= 15 is 0 Å². The van der Waals surface area contributed by atoms with Crippen molar-refractivity contribution in [3.8, 4) is 0 Å². The Hall–Kier alpha value is -0.520. The number of hydrogen-bond donors (Lipinski definition) is 0. The van der Waals surface area contributed by atoms with E-state index in [-0.39, 0.29) is 0 Å². The summed E-state index contributed by atoms with van der Waals surface area (Å²) in [5, 5.41) is 0. The summed E-state index contributed by atoms with van der Waals surface area (Å²) in [5.41, 5.74) is 5.03. The Bertz CT molecular complexity index is 268. The van der Waals surface area contributed by atoms with Crippen LogP contribution >= 0.6 is 0 Å². The molecular formula is C13H20. The lowest BCUT2D eigenvalue weighted by atomic mass is 9.74. The minimum Gasteiger partial charge on any atom is -0.0727 e. The third-order valence-electron chi connectivity index (χ3n) is 3.51. The van der Waals surface area contributed by atoms with E-state index in [9.17, 15) is 0 Å². The molecule has 2 unspecified atom stereocenters. The molecule has 0 bridgehead atoms. The molecule has 0 saturated heterocycles. The van der Waals surface area contributed by atoms with E-state index in [2.05, 4.69) is 26.8 Å². The molecule has 0 amide bonds. The fourth-order valence-electron chi connectivity index (χ4n) is 2.88. The Morgan fingerprint density at radius 2 is 2.00 bits per heavy atom. The molecule has 0 N–H and O–H groups in total. The molecule has 0 saturated carbocycles. The van der Waals surface area contributed by atoms with Gasteiger partial charge in [0.1, 0.15) is 0 Å². The minimum absolute atomic E-state index is 0.814. The third-order valence-corrected chi connectivity index (χ3v) is 3.51. The van der Waals surface area contributed by atoms with E-state index < -0.39 is 0 Å². The Morgan fingerprint density at radius 3 is 2.77 bits per heavy atom. The van der Waals surface area contributed by atoms with E-state index in [1.165, 1.54) is 25.7 Å². The van der Waals surface area contributed by atoms with E-state index in [0.29, 0.717) is 0 Å². The fraction of sp³-hybridized carbons (Fsp3) is 0.692. The highest BCUT2D eigenvalue weighted by Crippen LogP contribution is 2.39. The Labute approximate surface area is 81.7 Å². The highest BCUT2D eigenvalue weighted by molar-refractivity contribution is 5.36. The van der Waals surface area contributed by atoms with Crippen LogP contribution in [0.5, 0.6) is 0 Å². The van der Waals surface area contributed by atoms with Gasteiger partial charge in [0.25, 0.3) is 0 Å². The van der Waals surface area contributed by atoms with Crippen LogP contribution in [0.1, 0.15) is 46.5 Å². The van der Waals surface area contributed by atoms with Crippen molar-refractivity contribution in [2.45, 2.75) is 46.5 Å². The second-order valence-electron chi connectivity index (χ2n) is 5.00.